The van der Waals surface area contributed by atoms with E-state index in [0.717, 1.165) is 5.41 Å². The summed E-state index contributed by atoms with van der Waals surface area (Å²) in [6.07, 6.45) is 3.92. The molecule has 0 radical (unpaired) electrons. The summed E-state index contributed by atoms with van der Waals surface area (Å²) in [6.45, 7) is 1.95. The SMILES string of the molecule is CCOC(=O)/C=C/Nc1nc(CS(=O)(=O)/C=C/c2c(OC)cc(OC)cc2OC)ccc1OC. The second kappa shape index (κ2) is 12.5. The predicted octanol–water partition coefficient (Wildman–Crippen LogP) is 3.19. The van der Waals surface area contributed by atoms with Gasteiger partial charge in [0.2, 0.25) is 0 Å². The fourth-order valence-electron chi connectivity index (χ4n) is 2.84. The number of hydrogen-bond acceptors (Lipinski definition) is 10. The van der Waals surface area contributed by atoms with Crippen molar-refractivity contribution < 1.29 is 36.9 Å². The largest absolute Gasteiger partial charge is 0.496 e. The number of nitrogens with one attached hydrogen (secondary N) is 1. The van der Waals surface area contributed by atoms with Gasteiger partial charge in [0.1, 0.15) is 17.2 Å². The molecule has 0 bridgehead atoms. The third-order valence-corrected chi connectivity index (χ3v) is 5.66. The molecule has 1 aromatic carbocycles. The second-order valence-electron chi connectivity index (χ2n) is 6.64. The predicted molar refractivity (Wildman–Crippen MR) is 128 cm³/mol. The van der Waals surface area contributed by atoms with Gasteiger partial charge in [-0.15, -0.1) is 0 Å². The smallest absolute Gasteiger partial charge is 0.332 e. The second-order valence-corrected chi connectivity index (χ2v) is 8.53. The number of esters is 1. The van der Waals surface area contributed by atoms with Crippen molar-refractivity contribution in [2.75, 3.05) is 40.4 Å². The van der Waals surface area contributed by atoms with Crippen LogP contribution in [-0.2, 0) is 25.1 Å². The molecule has 0 fully saturated rings. The Bertz CT molecular complexity index is 1130. The molecule has 0 saturated heterocycles. The van der Waals surface area contributed by atoms with Crippen LogP contribution in [0.5, 0.6) is 23.0 Å². The standard InChI is InChI=1S/C23H28N2O8S/c1-6-33-22(26)9-11-24-23-19(30-3)8-7-16(25-23)15-34(27,28)12-10-18-20(31-4)13-17(29-2)14-21(18)32-5/h7-14H,6,15H2,1-5H3,(H,24,25)/b11-9+,12-10+. The minimum atomic E-state index is -3.72. The Hall–Kier alpha value is -3.73. The number of nitrogens with zero attached hydrogens (tertiary/aromatic N) is 1. The highest BCUT2D eigenvalue weighted by molar-refractivity contribution is 7.93. The number of benzene rings is 1. The molecule has 0 aliphatic heterocycles. The van der Waals surface area contributed by atoms with Gasteiger partial charge in [-0.05, 0) is 25.1 Å². The molecule has 10 nitrogen and oxygen atoms in total. The summed E-state index contributed by atoms with van der Waals surface area (Å²) in [5.41, 5.74) is 0.717. The Morgan fingerprint density at radius 3 is 2.21 bits per heavy atom. The Balaban J connectivity index is 2.26. The van der Waals surface area contributed by atoms with Crippen LogP contribution in [0.2, 0.25) is 0 Å². The Morgan fingerprint density at radius 2 is 1.65 bits per heavy atom. The molecule has 2 aromatic rings. The zero-order valence-corrected chi connectivity index (χ0v) is 20.5. The van der Waals surface area contributed by atoms with Crippen molar-refractivity contribution in [3.05, 3.63) is 53.2 Å². The van der Waals surface area contributed by atoms with Crippen molar-refractivity contribution in [2.45, 2.75) is 12.7 Å². The fourth-order valence-corrected chi connectivity index (χ4v) is 3.85. The van der Waals surface area contributed by atoms with E-state index in [1.54, 1.807) is 31.2 Å². The fraction of sp³-hybridized carbons (Fsp3) is 0.304. The number of methoxy groups -OCH3 is 4. The number of sulfone groups is 1. The van der Waals surface area contributed by atoms with Crippen molar-refractivity contribution >= 4 is 27.7 Å². The van der Waals surface area contributed by atoms with Crippen LogP contribution < -0.4 is 24.3 Å². The summed E-state index contributed by atoms with van der Waals surface area (Å²) < 4.78 is 51.5. The lowest BCUT2D eigenvalue weighted by molar-refractivity contribution is -0.137. The summed E-state index contributed by atoms with van der Waals surface area (Å²) in [6, 6.07) is 6.37. The van der Waals surface area contributed by atoms with Gasteiger partial charge in [0.05, 0.1) is 52.1 Å². The van der Waals surface area contributed by atoms with E-state index >= 15 is 0 Å². The van der Waals surface area contributed by atoms with Gasteiger partial charge in [0, 0.05) is 29.8 Å². The molecular weight excluding hydrogens is 464 g/mol. The molecule has 184 valence electrons. The maximum atomic E-state index is 12.8. The van der Waals surface area contributed by atoms with Gasteiger partial charge < -0.3 is 29.0 Å². The summed E-state index contributed by atoms with van der Waals surface area (Å²) in [4.78, 5) is 15.7. The van der Waals surface area contributed by atoms with E-state index in [1.807, 2.05) is 0 Å². The average molecular weight is 493 g/mol. The zero-order chi connectivity index (χ0) is 25.1. The molecule has 1 aromatic heterocycles. The number of ether oxygens (including phenoxy) is 5. The lowest BCUT2D eigenvalue weighted by atomic mass is 10.1. The molecule has 1 heterocycles. The van der Waals surface area contributed by atoms with Gasteiger partial charge in [-0.1, -0.05) is 0 Å². The van der Waals surface area contributed by atoms with E-state index in [0.29, 0.717) is 28.6 Å². The topological polar surface area (TPSA) is 122 Å². The summed E-state index contributed by atoms with van der Waals surface area (Å²) in [5.74, 6) is 1.02. The molecule has 1 N–H and O–H groups in total. The Kier molecular flexibility index (Phi) is 9.75. The van der Waals surface area contributed by atoms with Gasteiger partial charge >= 0.3 is 5.97 Å². The molecule has 2 rings (SSSR count). The minimum absolute atomic E-state index is 0.248. The minimum Gasteiger partial charge on any atom is -0.496 e. The molecule has 0 aliphatic carbocycles. The van der Waals surface area contributed by atoms with Crippen LogP contribution >= 0.6 is 0 Å². The first kappa shape index (κ1) is 26.5. The van der Waals surface area contributed by atoms with Crippen LogP contribution in [0, 0.1) is 0 Å². The Morgan fingerprint density at radius 1 is 1.00 bits per heavy atom. The Labute approximate surface area is 199 Å². The van der Waals surface area contributed by atoms with Crippen molar-refractivity contribution in [1.82, 2.24) is 4.98 Å². The monoisotopic (exact) mass is 492 g/mol. The van der Waals surface area contributed by atoms with Crippen molar-refractivity contribution in [3.63, 3.8) is 0 Å². The van der Waals surface area contributed by atoms with Crippen LogP contribution in [0.3, 0.4) is 0 Å². The van der Waals surface area contributed by atoms with Gasteiger partial charge in [-0.2, -0.15) is 0 Å². The first-order valence-corrected chi connectivity index (χ1v) is 11.8. The maximum Gasteiger partial charge on any atom is 0.332 e. The van der Waals surface area contributed by atoms with E-state index in [1.165, 1.54) is 46.8 Å². The van der Waals surface area contributed by atoms with Crippen LogP contribution in [0.1, 0.15) is 18.2 Å². The molecule has 0 spiro atoms. The summed E-state index contributed by atoms with van der Waals surface area (Å²) >= 11 is 0. The molecule has 11 heteroatoms. The van der Waals surface area contributed by atoms with Gasteiger partial charge in [-0.3, -0.25) is 0 Å². The number of pyridine rings is 1. The first-order chi connectivity index (χ1) is 16.3. The third kappa shape index (κ3) is 7.41. The molecule has 0 atom stereocenters. The van der Waals surface area contributed by atoms with Gasteiger partial charge in [-0.25, -0.2) is 18.2 Å². The number of anilines is 1. The van der Waals surface area contributed by atoms with Crippen molar-refractivity contribution in [3.8, 4) is 23.0 Å². The van der Waals surface area contributed by atoms with Crippen LogP contribution in [0.4, 0.5) is 5.82 Å². The number of carbonyl (C=O) groups is 1. The summed E-state index contributed by atoms with van der Waals surface area (Å²) in [5, 5.41) is 3.87. The van der Waals surface area contributed by atoms with E-state index in [2.05, 4.69) is 10.3 Å². The van der Waals surface area contributed by atoms with Crippen LogP contribution in [-0.4, -0.2) is 54.4 Å². The zero-order valence-electron chi connectivity index (χ0n) is 19.7. The molecule has 0 saturated carbocycles. The molecule has 0 aliphatic rings. The van der Waals surface area contributed by atoms with Crippen LogP contribution in [0.25, 0.3) is 6.08 Å². The van der Waals surface area contributed by atoms with E-state index in [-0.39, 0.29) is 23.9 Å². The van der Waals surface area contributed by atoms with Gasteiger partial charge in [0.25, 0.3) is 0 Å². The van der Waals surface area contributed by atoms with E-state index < -0.39 is 15.8 Å². The van der Waals surface area contributed by atoms with Gasteiger partial charge in [0.15, 0.2) is 21.4 Å². The quantitative estimate of drug-likeness (QED) is 0.349. The highest BCUT2D eigenvalue weighted by Crippen LogP contribution is 2.35. The number of carbonyl (C=O) groups excluding carboxylic acids is 1. The third-order valence-electron chi connectivity index (χ3n) is 4.41. The van der Waals surface area contributed by atoms with E-state index in [4.69, 9.17) is 23.7 Å². The number of rotatable bonds is 12. The first-order valence-electron chi connectivity index (χ1n) is 10.1. The highest BCUT2D eigenvalue weighted by Gasteiger charge is 2.15. The molecule has 0 unspecified atom stereocenters. The summed E-state index contributed by atoms with van der Waals surface area (Å²) in [7, 11) is 2.16. The molecular formula is C23H28N2O8S. The molecule has 34 heavy (non-hydrogen) atoms. The normalized spacial score (nSPS) is 11.4. The maximum absolute atomic E-state index is 12.8. The lowest BCUT2D eigenvalue weighted by Crippen LogP contribution is -2.06. The number of hydrogen-bond donors (Lipinski definition) is 1. The van der Waals surface area contributed by atoms with Crippen molar-refractivity contribution in [1.29, 1.82) is 0 Å². The lowest BCUT2D eigenvalue weighted by Gasteiger charge is -2.12. The van der Waals surface area contributed by atoms with E-state index in [9.17, 15) is 13.2 Å². The molecule has 0 amide bonds. The highest BCUT2D eigenvalue weighted by atomic mass is 32.2. The van der Waals surface area contributed by atoms with Crippen LogP contribution in [0.15, 0.2) is 41.9 Å². The number of aromatic nitrogens is 1. The average Bonchev–Trinajstić information content (AvgIpc) is 2.82. The van der Waals surface area contributed by atoms with Crippen molar-refractivity contribution in [2.24, 2.45) is 0 Å².